The number of fused-ring (bicyclic) bond motifs is 3. The van der Waals surface area contributed by atoms with Crippen molar-refractivity contribution in [1.29, 1.82) is 0 Å². The zero-order chi connectivity index (χ0) is 27.5. The molecule has 7 nitrogen and oxygen atoms in total. The minimum absolute atomic E-state index is 0.0701. The van der Waals surface area contributed by atoms with Crippen LogP contribution in [0.15, 0.2) is 48.5 Å². The van der Waals surface area contributed by atoms with E-state index in [2.05, 4.69) is 46.6 Å². The largest absolute Gasteiger partial charge is 0.449 e. The summed E-state index contributed by atoms with van der Waals surface area (Å²) in [7, 11) is 4.02. The molecule has 2 aromatic carbocycles. The Hall–Kier alpha value is -2.90. The van der Waals surface area contributed by atoms with Gasteiger partial charge in [0.05, 0.1) is 12.6 Å². The number of hydroxylamine groups is 2. The average Bonchev–Trinajstić information content (AvgIpc) is 3.27. The monoisotopic (exact) mass is 535 g/mol. The van der Waals surface area contributed by atoms with Crippen LogP contribution in [-0.2, 0) is 14.4 Å². The second-order valence-corrected chi connectivity index (χ2v) is 11.1. The maximum Gasteiger partial charge on any atom is 0.407 e. The van der Waals surface area contributed by atoms with Crippen LogP contribution in [0, 0.1) is 0 Å². The highest BCUT2D eigenvalue weighted by Gasteiger charge is 2.29. The third-order valence-corrected chi connectivity index (χ3v) is 7.85. The summed E-state index contributed by atoms with van der Waals surface area (Å²) in [5.41, 5.74) is 4.88. The van der Waals surface area contributed by atoms with Gasteiger partial charge in [-0.25, -0.2) is 9.86 Å². The van der Waals surface area contributed by atoms with Crippen LogP contribution in [0.1, 0.15) is 81.3 Å². The zero-order valence-electron chi connectivity index (χ0n) is 23.7. The number of carbonyl (C=O) groups is 2. The first-order valence-corrected chi connectivity index (χ1v) is 14.7. The molecule has 1 saturated carbocycles. The molecule has 0 aromatic heterocycles. The Kier molecular flexibility index (Phi) is 11.2. The number of amides is 2. The molecule has 2 aromatic rings. The first-order chi connectivity index (χ1) is 19.0. The van der Waals surface area contributed by atoms with Gasteiger partial charge in [0.2, 0.25) is 5.91 Å². The van der Waals surface area contributed by atoms with E-state index in [9.17, 15) is 9.59 Å². The number of alkyl carbamates (subject to hydrolysis) is 1. The number of likely N-dealkylation sites (N-methyl/N-ethyl adjacent to an activating group) is 1. The summed E-state index contributed by atoms with van der Waals surface area (Å²) < 4.78 is 5.61. The molecule has 1 N–H and O–H groups in total. The summed E-state index contributed by atoms with van der Waals surface area (Å²) in [5, 5.41) is 4.58. The minimum atomic E-state index is -0.370. The van der Waals surface area contributed by atoms with E-state index in [4.69, 9.17) is 9.57 Å². The Morgan fingerprint density at radius 2 is 1.51 bits per heavy atom. The Balaban J connectivity index is 1.11. The number of benzene rings is 2. The average molecular weight is 536 g/mol. The van der Waals surface area contributed by atoms with Crippen molar-refractivity contribution < 1.29 is 19.2 Å². The summed E-state index contributed by atoms with van der Waals surface area (Å²) in [5.74, 6) is 0.179. The SMILES string of the molecule is CN(C)CCON(C(=O)CCCCCCNC(=O)OCC1c2ccccc2-c2ccccc21)C1CCCCC1. The van der Waals surface area contributed by atoms with Gasteiger partial charge in [-0.05, 0) is 62.0 Å². The maximum absolute atomic E-state index is 12.9. The summed E-state index contributed by atoms with van der Waals surface area (Å²) in [4.78, 5) is 33.3. The number of unbranched alkanes of at least 4 members (excludes halogenated alkanes) is 3. The van der Waals surface area contributed by atoms with Crippen molar-refractivity contribution in [2.45, 2.75) is 76.2 Å². The van der Waals surface area contributed by atoms with Crippen molar-refractivity contribution in [3.05, 3.63) is 59.7 Å². The molecular weight excluding hydrogens is 490 g/mol. The fourth-order valence-corrected chi connectivity index (χ4v) is 5.72. The van der Waals surface area contributed by atoms with Crippen LogP contribution in [0.3, 0.4) is 0 Å². The number of rotatable bonds is 14. The molecule has 4 rings (SSSR count). The van der Waals surface area contributed by atoms with E-state index in [1.165, 1.54) is 41.5 Å². The van der Waals surface area contributed by atoms with Crippen LogP contribution < -0.4 is 5.32 Å². The van der Waals surface area contributed by atoms with Gasteiger partial charge >= 0.3 is 6.09 Å². The van der Waals surface area contributed by atoms with Gasteiger partial charge in [-0.15, -0.1) is 0 Å². The molecule has 2 aliphatic rings. The molecule has 212 valence electrons. The Bertz CT molecular complexity index is 1020. The maximum atomic E-state index is 12.9. The molecule has 2 amide bonds. The fraction of sp³-hybridized carbons (Fsp3) is 0.562. The summed E-state index contributed by atoms with van der Waals surface area (Å²) in [6.45, 7) is 2.24. The van der Waals surface area contributed by atoms with Gasteiger partial charge in [0.15, 0.2) is 0 Å². The van der Waals surface area contributed by atoms with E-state index in [-0.39, 0.29) is 24.0 Å². The van der Waals surface area contributed by atoms with E-state index < -0.39 is 0 Å². The van der Waals surface area contributed by atoms with Gasteiger partial charge in [0.1, 0.15) is 6.61 Å². The molecule has 0 atom stereocenters. The number of hydrogen-bond acceptors (Lipinski definition) is 5. The standard InChI is InChI=1S/C32H45N3O4/c1-34(2)22-23-39-35(25-14-6-5-7-15-25)31(36)20-8-3-4-13-21-33-32(37)38-24-30-28-18-11-9-16-26(28)27-17-10-12-19-29(27)30/h9-12,16-19,25,30H,3-8,13-15,20-24H2,1-2H3,(H,33,37). The Morgan fingerprint density at radius 3 is 2.18 bits per heavy atom. The predicted octanol–water partition coefficient (Wildman–Crippen LogP) is 6.13. The van der Waals surface area contributed by atoms with Crippen molar-refractivity contribution >= 4 is 12.0 Å². The predicted molar refractivity (Wildman–Crippen MR) is 154 cm³/mol. The molecule has 0 spiro atoms. The molecule has 0 unspecified atom stereocenters. The van der Waals surface area contributed by atoms with Crippen LogP contribution >= 0.6 is 0 Å². The molecule has 0 saturated heterocycles. The zero-order valence-corrected chi connectivity index (χ0v) is 23.7. The number of nitrogens with one attached hydrogen (secondary N) is 1. The lowest BCUT2D eigenvalue weighted by molar-refractivity contribution is -0.204. The van der Waals surface area contributed by atoms with Crippen molar-refractivity contribution in [2.24, 2.45) is 0 Å². The lowest BCUT2D eigenvalue weighted by Gasteiger charge is -2.33. The van der Waals surface area contributed by atoms with Crippen LogP contribution in [0.25, 0.3) is 11.1 Å². The lowest BCUT2D eigenvalue weighted by Crippen LogP contribution is -2.42. The van der Waals surface area contributed by atoms with Crippen LogP contribution in [0.4, 0.5) is 4.79 Å². The van der Waals surface area contributed by atoms with Gasteiger partial charge < -0.3 is 15.0 Å². The molecule has 7 heteroatoms. The van der Waals surface area contributed by atoms with Gasteiger partial charge in [-0.2, -0.15) is 0 Å². The van der Waals surface area contributed by atoms with Crippen LogP contribution in [0.2, 0.25) is 0 Å². The Morgan fingerprint density at radius 1 is 0.872 bits per heavy atom. The van der Waals surface area contributed by atoms with Crippen molar-refractivity contribution in [3.63, 3.8) is 0 Å². The first kappa shape index (κ1) is 29.1. The number of ether oxygens (including phenoxy) is 1. The van der Waals surface area contributed by atoms with E-state index >= 15 is 0 Å². The second kappa shape index (κ2) is 15.0. The number of nitrogens with zero attached hydrogens (tertiary/aromatic N) is 2. The highest BCUT2D eigenvalue weighted by molar-refractivity contribution is 5.79. The highest BCUT2D eigenvalue weighted by atomic mass is 16.7. The molecule has 39 heavy (non-hydrogen) atoms. The highest BCUT2D eigenvalue weighted by Crippen LogP contribution is 2.44. The van der Waals surface area contributed by atoms with Gasteiger partial charge in [0.25, 0.3) is 0 Å². The normalized spacial score (nSPS) is 15.2. The van der Waals surface area contributed by atoms with Gasteiger partial charge in [0, 0.05) is 25.4 Å². The number of hydrogen-bond donors (Lipinski definition) is 1. The first-order valence-electron chi connectivity index (χ1n) is 14.7. The molecule has 0 aliphatic heterocycles. The molecule has 0 heterocycles. The quantitative estimate of drug-likeness (QED) is 0.233. The summed E-state index contributed by atoms with van der Waals surface area (Å²) in [6, 6.07) is 16.9. The molecule has 2 aliphatic carbocycles. The molecule has 0 bridgehead atoms. The topological polar surface area (TPSA) is 71.1 Å². The second-order valence-electron chi connectivity index (χ2n) is 11.1. The molecule has 0 radical (unpaired) electrons. The van der Waals surface area contributed by atoms with Crippen molar-refractivity contribution in [1.82, 2.24) is 15.3 Å². The van der Waals surface area contributed by atoms with E-state index in [1.807, 2.05) is 26.2 Å². The summed E-state index contributed by atoms with van der Waals surface area (Å²) in [6.07, 6.45) is 9.42. The molecular formula is C32H45N3O4. The van der Waals surface area contributed by atoms with E-state index in [1.54, 1.807) is 5.06 Å². The van der Waals surface area contributed by atoms with Crippen molar-refractivity contribution in [2.75, 3.05) is 40.4 Å². The lowest BCUT2D eigenvalue weighted by atomic mass is 9.95. The van der Waals surface area contributed by atoms with Gasteiger partial charge in [-0.1, -0.05) is 80.6 Å². The minimum Gasteiger partial charge on any atom is -0.449 e. The molecule has 1 fully saturated rings. The van der Waals surface area contributed by atoms with E-state index in [0.717, 1.165) is 45.1 Å². The van der Waals surface area contributed by atoms with Crippen LogP contribution in [-0.4, -0.2) is 68.4 Å². The fourth-order valence-electron chi connectivity index (χ4n) is 5.72. The Labute approximate surface area is 233 Å². The summed E-state index contributed by atoms with van der Waals surface area (Å²) >= 11 is 0. The third-order valence-electron chi connectivity index (χ3n) is 7.85. The third kappa shape index (κ3) is 8.29. The van der Waals surface area contributed by atoms with Crippen molar-refractivity contribution in [3.8, 4) is 11.1 Å². The van der Waals surface area contributed by atoms with Crippen LogP contribution in [0.5, 0.6) is 0 Å². The van der Waals surface area contributed by atoms with Gasteiger partial charge in [-0.3, -0.25) is 9.63 Å². The number of carbonyl (C=O) groups excluding carboxylic acids is 2. The smallest absolute Gasteiger partial charge is 0.407 e. The van der Waals surface area contributed by atoms with E-state index in [0.29, 0.717) is 26.2 Å².